The number of rotatable bonds is 5. The second-order valence-electron chi connectivity index (χ2n) is 3.80. The Morgan fingerprint density at radius 1 is 1.53 bits per heavy atom. The van der Waals surface area contributed by atoms with Gasteiger partial charge in [-0.05, 0) is 12.5 Å². The third-order valence-electron chi connectivity index (χ3n) is 2.24. The van der Waals surface area contributed by atoms with Gasteiger partial charge < -0.3 is 15.8 Å². The van der Waals surface area contributed by atoms with E-state index in [9.17, 15) is 18.0 Å². The molecule has 0 bridgehead atoms. The lowest BCUT2D eigenvalue weighted by atomic mass is 10.2. The summed E-state index contributed by atoms with van der Waals surface area (Å²) in [5.74, 6) is -0.499. The van der Waals surface area contributed by atoms with Gasteiger partial charge in [0.2, 0.25) is 0 Å². The second kappa shape index (κ2) is 6.26. The monoisotopic (exact) mass is 277 g/mol. The Hall–Kier alpha value is -1.99. The second-order valence-corrected chi connectivity index (χ2v) is 3.80. The van der Waals surface area contributed by atoms with Gasteiger partial charge in [0, 0.05) is 13.0 Å². The van der Waals surface area contributed by atoms with Crippen molar-refractivity contribution in [3.8, 4) is 0 Å². The van der Waals surface area contributed by atoms with Crippen molar-refractivity contribution < 1.29 is 22.7 Å². The Morgan fingerprint density at radius 2 is 2.21 bits per heavy atom. The molecule has 0 aliphatic carbocycles. The molecule has 106 valence electrons. The summed E-state index contributed by atoms with van der Waals surface area (Å²) in [5, 5.41) is 2.66. The van der Waals surface area contributed by atoms with Crippen LogP contribution in [0.3, 0.4) is 0 Å². The number of esters is 1. The highest BCUT2D eigenvalue weighted by Gasteiger charge is 2.26. The highest BCUT2D eigenvalue weighted by atomic mass is 19.4. The minimum absolute atomic E-state index is 0.0421. The molecule has 1 rings (SSSR count). The van der Waals surface area contributed by atoms with Gasteiger partial charge in [0.05, 0.1) is 19.0 Å². The number of hydrogen-bond acceptors (Lipinski definition) is 5. The molecule has 8 heteroatoms. The number of pyridine rings is 1. The van der Waals surface area contributed by atoms with E-state index in [0.29, 0.717) is 0 Å². The van der Waals surface area contributed by atoms with Crippen LogP contribution in [0, 0.1) is 0 Å². The predicted octanol–water partition coefficient (Wildman–Crippen LogP) is 2.20. The number of ether oxygens (including phenoxy) is 1. The van der Waals surface area contributed by atoms with Gasteiger partial charge in [-0.15, -0.1) is 0 Å². The van der Waals surface area contributed by atoms with E-state index < -0.39 is 18.6 Å². The van der Waals surface area contributed by atoms with Crippen LogP contribution in [0.25, 0.3) is 0 Å². The smallest absolute Gasteiger partial charge is 0.389 e. The molecule has 5 nitrogen and oxygen atoms in total. The SMILES string of the molecule is COC(=O)c1cc(N)cnc1NCCCC(F)(F)F. The summed E-state index contributed by atoms with van der Waals surface area (Å²) in [6, 6.07) is 1.35. The zero-order chi connectivity index (χ0) is 14.5. The van der Waals surface area contributed by atoms with Gasteiger partial charge in [-0.3, -0.25) is 0 Å². The lowest BCUT2D eigenvalue weighted by molar-refractivity contribution is -0.134. The number of hydrogen-bond donors (Lipinski definition) is 2. The molecule has 1 heterocycles. The molecule has 0 amide bonds. The first-order valence-electron chi connectivity index (χ1n) is 5.48. The van der Waals surface area contributed by atoms with E-state index in [1.807, 2.05) is 0 Å². The molecule has 0 saturated heterocycles. The number of carbonyl (C=O) groups excluding carboxylic acids is 1. The fraction of sp³-hybridized carbons (Fsp3) is 0.455. The van der Waals surface area contributed by atoms with Crippen LogP contribution in [0.2, 0.25) is 0 Å². The van der Waals surface area contributed by atoms with Gasteiger partial charge in [-0.25, -0.2) is 9.78 Å². The van der Waals surface area contributed by atoms with Crippen molar-refractivity contribution in [2.24, 2.45) is 0 Å². The van der Waals surface area contributed by atoms with Crippen LogP contribution >= 0.6 is 0 Å². The zero-order valence-electron chi connectivity index (χ0n) is 10.3. The van der Waals surface area contributed by atoms with Crippen molar-refractivity contribution in [3.05, 3.63) is 17.8 Å². The Kier molecular flexibility index (Phi) is 4.96. The third kappa shape index (κ3) is 5.02. The van der Waals surface area contributed by atoms with E-state index in [1.165, 1.54) is 19.4 Å². The topological polar surface area (TPSA) is 77.2 Å². The maximum atomic E-state index is 12.0. The molecule has 3 N–H and O–H groups in total. The van der Waals surface area contributed by atoms with Crippen LogP contribution < -0.4 is 11.1 Å². The van der Waals surface area contributed by atoms with E-state index in [1.54, 1.807) is 0 Å². The maximum Gasteiger partial charge on any atom is 0.389 e. The number of carbonyl (C=O) groups is 1. The number of nitrogens with two attached hydrogens (primary N) is 1. The number of nitrogens with one attached hydrogen (secondary N) is 1. The van der Waals surface area contributed by atoms with E-state index in [4.69, 9.17) is 5.73 Å². The van der Waals surface area contributed by atoms with Crippen LogP contribution in [0.1, 0.15) is 23.2 Å². The van der Waals surface area contributed by atoms with E-state index in [2.05, 4.69) is 15.0 Å². The number of methoxy groups -OCH3 is 1. The summed E-state index contributed by atoms with van der Waals surface area (Å²) in [6.07, 6.45) is -3.90. The van der Waals surface area contributed by atoms with Gasteiger partial charge >= 0.3 is 12.1 Å². The molecule has 0 aliphatic heterocycles. The van der Waals surface area contributed by atoms with Crippen LogP contribution in [-0.4, -0.2) is 30.8 Å². The standard InChI is InChI=1S/C11H14F3N3O2/c1-19-10(18)8-5-7(15)6-17-9(8)16-4-2-3-11(12,13)14/h5-6H,2-4,15H2,1H3,(H,16,17). The number of aromatic nitrogens is 1. The summed E-state index contributed by atoms with van der Waals surface area (Å²) < 4.78 is 40.4. The molecule has 0 radical (unpaired) electrons. The predicted molar refractivity (Wildman–Crippen MR) is 63.8 cm³/mol. The van der Waals surface area contributed by atoms with E-state index in [-0.39, 0.29) is 30.0 Å². The Labute approximate surface area is 108 Å². The number of nitrogens with zero attached hydrogens (tertiary/aromatic N) is 1. The number of anilines is 2. The highest BCUT2D eigenvalue weighted by molar-refractivity contribution is 5.95. The fourth-order valence-electron chi connectivity index (χ4n) is 1.38. The number of halogens is 3. The van der Waals surface area contributed by atoms with Crippen molar-refractivity contribution >= 4 is 17.5 Å². The zero-order valence-corrected chi connectivity index (χ0v) is 10.3. The lowest BCUT2D eigenvalue weighted by Crippen LogP contribution is -2.14. The summed E-state index contributed by atoms with van der Waals surface area (Å²) in [5.41, 5.74) is 5.84. The van der Waals surface area contributed by atoms with Crippen LogP contribution in [-0.2, 0) is 4.74 Å². The van der Waals surface area contributed by atoms with Crippen molar-refractivity contribution in [2.75, 3.05) is 24.7 Å². The third-order valence-corrected chi connectivity index (χ3v) is 2.24. The van der Waals surface area contributed by atoms with Gasteiger partial charge in [0.15, 0.2) is 0 Å². The molecule has 0 atom stereocenters. The van der Waals surface area contributed by atoms with E-state index in [0.717, 1.165) is 0 Å². The van der Waals surface area contributed by atoms with Crippen molar-refractivity contribution in [1.29, 1.82) is 0 Å². The van der Waals surface area contributed by atoms with Gasteiger partial charge in [-0.2, -0.15) is 13.2 Å². The first-order chi connectivity index (χ1) is 8.83. The first kappa shape index (κ1) is 15.1. The molecule has 0 aromatic carbocycles. The van der Waals surface area contributed by atoms with Crippen molar-refractivity contribution in [1.82, 2.24) is 4.98 Å². The molecule has 0 aliphatic rings. The number of nitrogen functional groups attached to an aromatic ring is 1. The highest BCUT2D eigenvalue weighted by Crippen LogP contribution is 2.22. The molecular weight excluding hydrogens is 263 g/mol. The molecule has 0 spiro atoms. The quantitative estimate of drug-likeness (QED) is 0.637. The largest absolute Gasteiger partial charge is 0.465 e. The summed E-state index contributed by atoms with van der Waals surface area (Å²) >= 11 is 0. The van der Waals surface area contributed by atoms with Crippen molar-refractivity contribution in [2.45, 2.75) is 19.0 Å². The molecule has 0 fully saturated rings. The summed E-state index contributed by atoms with van der Waals surface area (Å²) in [4.78, 5) is 15.3. The summed E-state index contributed by atoms with van der Waals surface area (Å²) in [6.45, 7) is 0.0421. The van der Waals surface area contributed by atoms with Crippen molar-refractivity contribution in [3.63, 3.8) is 0 Å². The molecular formula is C11H14F3N3O2. The maximum absolute atomic E-state index is 12.0. The van der Waals surface area contributed by atoms with Gasteiger partial charge in [0.1, 0.15) is 11.4 Å². The Balaban J connectivity index is 2.65. The molecule has 1 aromatic heterocycles. The first-order valence-corrected chi connectivity index (χ1v) is 5.48. The normalized spacial score (nSPS) is 11.2. The van der Waals surface area contributed by atoms with Crippen LogP contribution in [0.5, 0.6) is 0 Å². The van der Waals surface area contributed by atoms with Gasteiger partial charge in [-0.1, -0.05) is 0 Å². The number of alkyl halides is 3. The molecule has 0 unspecified atom stereocenters. The average Bonchev–Trinajstić information content (AvgIpc) is 2.33. The lowest BCUT2D eigenvalue weighted by Gasteiger charge is -2.11. The minimum atomic E-state index is -4.19. The summed E-state index contributed by atoms with van der Waals surface area (Å²) in [7, 11) is 1.19. The fourth-order valence-corrected chi connectivity index (χ4v) is 1.38. The van der Waals surface area contributed by atoms with Gasteiger partial charge in [0.25, 0.3) is 0 Å². The van der Waals surface area contributed by atoms with Crippen LogP contribution in [0.4, 0.5) is 24.7 Å². The Bertz CT molecular complexity index is 449. The molecule has 1 aromatic rings. The van der Waals surface area contributed by atoms with E-state index >= 15 is 0 Å². The van der Waals surface area contributed by atoms with Crippen LogP contribution in [0.15, 0.2) is 12.3 Å². The molecule has 0 saturated carbocycles. The Morgan fingerprint density at radius 3 is 2.79 bits per heavy atom. The molecule has 19 heavy (non-hydrogen) atoms. The average molecular weight is 277 g/mol. The minimum Gasteiger partial charge on any atom is -0.465 e.